The number of aromatic nitrogens is 1. The lowest BCUT2D eigenvalue weighted by atomic mass is 10.0. The molecule has 3 N–H and O–H groups in total. The van der Waals surface area contributed by atoms with Gasteiger partial charge in [0.25, 0.3) is 5.91 Å². The summed E-state index contributed by atoms with van der Waals surface area (Å²) >= 11 is 0. The molecule has 6 heteroatoms. The van der Waals surface area contributed by atoms with Gasteiger partial charge in [-0.05, 0) is 55.3 Å². The normalized spacial score (nSPS) is 11.1. The first-order chi connectivity index (χ1) is 15.4. The van der Waals surface area contributed by atoms with Gasteiger partial charge in [-0.25, -0.2) is 5.43 Å². The van der Waals surface area contributed by atoms with E-state index in [2.05, 4.69) is 46.8 Å². The number of aromatic amines is 1. The minimum Gasteiger partial charge on any atom is -0.354 e. The van der Waals surface area contributed by atoms with Crippen LogP contribution in [-0.4, -0.2) is 23.0 Å². The van der Waals surface area contributed by atoms with E-state index in [1.807, 2.05) is 30.3 Å². The molecule has 0 aliphatic carbocycles. The molecule has 0 saturated heterocycles. The number of rotatable bonds is 5. The van der Waals surface area contributed by atoms with Gasteiger partial charge in [0.1, 0.15) is 0 Å². The molecule has 0 unspecified atom stereocenters. The zero-order valence-electron chi connectivity index (χ0n) is 18.2. The molecule has 0 fully saturated rings. The van der Waals surface area contributed by atoms with Gasteiger partial charge in [-0.3, -0.25) is 9.59 Å². The number of amides is 2. The fraction of sp³-hybridized carbons (Fsp3) is 0.115. The molecule has 0 bridgehead atoms. The molecule has 2 amide bonds. The molecule has 3 aromatic carbocycles. The van der Waals surface area contributed by atoms with Gasteiger partial charge >= 0.3 is 0 Å². The Bertz CT molecular complexity index is 1320. The summed E-state index contributed by atoms with van der Waals surface area (Å²) in [6.45, 7) is 5.58. The number of hydrogen-bond donors (Lipinski definition) is 3. The molecule has 0 aliphatic rings. The van der Waals surface area contributed by atoms with E-state index >= 15 is 0 Å². The van der Waals surface area contributed by atoms with Crippen molar-refractivity contribution >= 4 is 34.6 Å². The van der Waals surface area contributed by atoms with Crippen LogP contribution in [0.1, 0.15) is 34.0 Å². The zero-order chi connectivity index (χ0) is 22.7. The number of anilines is 1. The fourth-order valence-corrected chi connectivity index (χ4v) is 3.77. The van der Waals surface area contributed by atoms with Gasteiger partial charge < -0.3 is 10.3 Å². The number of benzene rings is 3. The van der Waals surface area contributed by atoms with E-state index in [0.717, 1.165) is 38.9 Å². The van der Waals surface area contributed by atoms with Crippen molar-refractivity contribution in [1.82, 2.24) is 10.4 Å². The number of carbonyl (C=O) groups is 2. The maximum atomic E-state index is 12.5. The predicted molar refractivity (Wildman–Crippen MR) is 129 cm³/mol. The highest BCUT2D eigenvalue weighted by Crippen LogP contribution is 2.31. The highest BCUT2D eigenvalue weighted by atomic mass is 16.2. The van der Waals surface area contributed by atoms with Gasteiger partial charge in [-0.1, -0.05) is 42.0 Å². The SMILES string of the molecule is CC(=O)Nc1ccc(C(=O)N/N=C\c2c(-c3ccccc3)[nH]c3c(C)cc(C)cc23)cc1. The van der Waals surface area contributed by atoms with E-state index in [0.29, 0.717) is 11.3 Å². The maximum Gasteiger partial charge on any atom is 0.271 e. The van der Waals surface area contributed by atoms with Crippen molar-refractivity contribution in [2.24, 2.45) is 5.10 Å². The van der Waals surface area contributed by atoms with Gasteiger partial charge in [0.15, 0.2) is 0 Å². The fourth-order valence-electron chi connectivity index (χ4n) is 3.77. The van der Waals surface area contributed by atoms with Crippen molar-refractivity contribution in [3.63, 3.8) is 0 Å². The standard InChI is InChI=1S/C26H24N4O2/c1-16-13-17(2)24-22(14-16)23(25(29-24)19-7-5-4-6-8-19)15-27-30-26(32)20-9-11-21(12-10-20)28-18(3)31/h4-15,29H,1-3H3,(H,28,31)(H,30,32)/b27-15-. The number of carbonyl (C=O) groups excluding carboxylic acids is 2. The second-order valence-corrected chi connectivity index (χ2v) is 7.74. The second-order valence-electron chi connectivity index (χ2n) is 7.74. The smallest absolute Gasteiger partial charge is 0.271 e. The Labute approximate surface area is 186 Å². The maximum absolute atomic E-state index is 12.5. The van der Waals surface area contributed by atoms with Crippen LogP contribution in [0.4, 0.5) is 5.69 Å². The number of hydrogen-bond acceptors (Lipinski definition) is 3. The Balaban J connectivity index is 1.63. The lowest BCUT2D eigenvalue weighted by Gasteiger charge is -2.04. The molecule has 0 saturated carbocycles. The summed E-state index contributed by atoms with van der Waals surface area (Å²) < 4.78 is 0. The first-order valence-electron chi connectivity index (χ1n) is 10.3. The molecule has 1 aromatic heterocycles. The molecule has 0 spiro atoms. The van der Waals surface area contributed by atoms with Crippen LogP contribution in [0.3, 0.4) is 0 Å². The third kappa shape index (κ3) is 4.44. The molecular weight excluding hydrogens is 400 g/mol. The number of H-pyrrole nitrogens is 1. The highest BCUT2D eigenvalue weighted by molar-refractivity contribution is 6.07. The average molecular weight is 425 g/mol. The van der Waals surface area contributed by atoms with Gasteiger partial charge in [0, 0.05) is 34.6 Å². The largest absolute Gasteiger partial charge is 0.354 e. The molecule has 4 aromatic rings. The first-order valence-corrected chi connectivity index (χ1v) is 10.3. The lowest BCUT2D eigenvalue weighted by Crippen LogP contribution is -2.17. The van der Waals surface area contributed by atoms with Crippen molar-refractivity contribution in [3.05, 3.63) is 89.0 Å². The molecule has 0 atom stereocenters. The Kier molecular flexibility index (Phi) is 5.85. The van der Waals surface area contributed by atoms with Crippen molar-refractivity contribution in [2.45, 2.75) is 20.8 Å². The Morgan fingerprint density at radius 3 is 2.38 bits per heavy atom. The molecular formula is C26H24N4O2. The number of hydrazone groups is 1. The topological polar surface area (TPSA) is 86.3 Å². The van der Waals surface area contributed by atoms with Crippen LogP contribution in [0.5, 0.6) is 0 Å². The predicted octanol–water partition coefficient (Wildman–Crippen LogP) is 5.17. The molecule has 4 rings (SSSR count). The molecule has 0 aliphatic heterocycles. The van der Waals surface area contributed by atoms with Crippen LogP contribution in [0.2, 0.25) is 0 Å². The number of nitrogens with zero attached hydrogens (tertiary/aromatic N) is 1. The minimum atomic E-state index is -0.330. The van der Waals surface area contributed by atoms with Gasteiger partial charge in [-0.2, -0.15) is 5.10 Å². The monoisotopic (exact) mass is 424 g/mol. The van der Waals surface area contributed by atoms with Crippen LogP contribution in [0.15, 0.2) is 71.8 Å². The van der Waals surface area contributed by atoms with Crippen LogP contribution >= 0.6 is 0 Å². The van der Waals surface area contributed by atoms with E-state index in [9.17, 15) is 9.59 Å². The summed E-state index contributed by atoms with van der Waals surface area (Å²) in [5.74, 6) is -0.491. The van der Waals surface area contributed by atoms with Crippen molar-refractivity contribution in [1.29, 1.82) is 0 Å². The van der Waals surface area contributed by atoms with Crippen LogP contribution in [-0.2, 0) is 4.79 Å². The quantitative estimate of drug-likeness (QED) is 0.305. The van der Waals surface area contributed by atoms with Crippen LogP contribution in [0.25, 0.3) is 22.2 Å². The van der Waals surface area contributed by atoms with E-state index in [1.165, 1.54) is 6.92 Å². The summed E-state index contributed by atoms with van der Waals surface area (Å²) in [6.07, 6.45) is 1.68. The number of aryl methyl sites for hydroxylation is 2. The van der Waals surface area contributed by atoms with Crippen LogP contribution in [0, 0.1) is 13.8 Å². The van der Waals surface area contributed by atoms with Crippen LogP contribution < -0.4 is 10.7 Å². The Hall–Kier alpha value is -4.19. The molecule has 1 heterocycles. The molecule has 32 heavy (non-hydrogen) atoms. The first kappa shape index (κ1) is 21.1. The van der Waals surface area contributed by atoms with E-state index < -0.39 is 0 Å². The summed E-state index contributed by atoms with van der Waals surface area (Å²) in [6, 6.07) is 21.0. The third-order valence-electron chi connectivity index (χ3n) is 5.18. The summed E-state index contributed by atoms with van der Waals surface area (Å²) in [4.78, 5) is 27.2. The Morgan fingerprint density at radius 1 is 0.969 bits per heavy atom. The lowest BCUT2D eigenvalue weighted by molar-refractivity contribution is -0.114. The summed E-state index contributed by atoms with van der Waals surface area (Å²) in [5.41, 5.74) is 9.96. The van der Waals surface area contributed by atoms with Crippen molar-refractivity contribution in [2.75, 3.05) is 5.32 Å². The van der Waals surface area contributed by atoms with E-state index in [-0.39, 0.29) is 11.8 Å². The van der Waals surface area contributed by atoms with Gasteiger partial charge in [-0.15, -0.1) is 0 Å². The second kappa shape index (κ2) is 8.89. The van der Waals surface area contributed by atoms with Gasteiger partial charge in [0.2, 0.25) is 5.91 Å². The third-order valence-corrected chi connectivity index (χ3v) is 5.18. The molecule has 6 nitrogen and oxygen atoms in total. The number of fused-ring (bicyclic) bond motifs is 1. The minimum absolute atomic E-state index is 0.162. The summed E-state index contributed by atoms with van der Waals surface area (Å²) in [7, 11) is 0. The van der Waals surface area contributed by atoms with Gasteiger partial charge in [0.05, 0.1) is 11.9 Å². The Morgan fingerprint density at radius 2 is 1.69 bits per heavy atom. The summed E-state index contributed by atoms with van der Waals surface area (Å²) in [5, 5.41) is 7.97. The average Bonchev–Trinajstić information content (AvgIpc) is 3.13. The van der Waals surface area contributed by atoms with Crippen molar-refractivity contribution < 1.29 is 9.59 Å². The molecule has 0 radical (unpaired) electrons. The number of nitrogens with one attached hydrogen (secondary N) is 3. The van der Waals surface area contributed by atoms with E-state index in [1.54, 1.807) is 30.5 Å². The highest BCUT2D eigenvalue weighted by Gasteiger charge is 2.14. The van der Waals surface area contributed by atoms with E-state index in [4.69, 9.17) is 0 Å². The van der Waals surface area contributed by atoms with Crippen molar-refractivity contribution in [3.8, 4) is 11.3 Å². The molecule has 160 valence electrons. The zero-order valence-corrected chi connectivity index (χ0v) is 18.2.